The monoisotopic (exact) mass is 559 g/mol. The van der Waals surface area contributed by atoms with E-state index in [0.717, 1.165) is 12.5 Å². The molecule has 3 rings (SSSR count). The van der Waals surface area contributed by atoms with Crippen LogP contribution in [-0.2, 0) is 30.2 Å². The van der Waals surface area contributed by atoms with Crippen LogP contribution in [-0.4, -0.2) is 89.4 Å². The number of rotatable bonds is 12. The first-order valence-corrected chi connectivity index (χ1v) is 13.0. The Morgan fingerprint density at radius 2 is 1.82 bits per heavy atom. The predicted molar refractivity (Wildman–Crippen MR) is 144 cm³/mol. The second-order valence-corrected chi connectivity index (χ2v) is 9.59. The molecule has 2 aromatic rings. The van der Waals surface area contributed by atoms with Crippen molar-refractivity contribution < 1.29 is 49.0 Å². The number of carbonyl (C=O) groups excluding carboxylic acids is 2. The highest BCUT2D eigenvalue weighted by atomic mass is 16.7. The third-order valence-corrected chi connectivity index (χ3v) is 6.30. The molecule has 218 valence electrons. The fourth-order valence-electron chi connectivity index (χ4n) is 4.30. The Hall–Kier alpha value is -3.48. The van der Waals surface area contributed by atoms with E-state index >= 15 is 0 Å². The molecule has 0 spiro atoms. The molecule has 0 aliphatic carbocycles. The highest BCUT2D eigenvalue weighted by Gasteiger charge is 2.49. The van der Waals surface area contributed by atoms with Crippen LogP contribution in [0.2, 0.25) is 0 Å². The number of methoxy groups -OCH3 is 1. The van der Waals surface area contributed by atoms with E-state index in [1.807, 2.05) is 30.3 Å². The molecule has 0 amide bonds. The van der Waals surface area contributed by atoms with Crippen molar-refractivity contribution in [3.63, 3.8) is 0 Å². The van der Waals surface area contributed by atoms with Crippen LogP contribution in [0.3, 0.4) is 0 Å². The molecule has 0 aromatic heterocycles. The van der Waals surface area contributed by atoms with Gasteiger partial charge in [0.1, 0.15) is 12.2 Å². The first kappa shape index (κ1) is 31.1. The Kier molecular flexibility index (Phi) is 11.5. The van der Waals surface area contributed by atoms with Crippen molar-refractivity contribution in [2.45, 2.75) is 63.5 Å². The summed E-state index contributed by atoms with van der Waals surface area (Å²) in [7, 11) is 1.41. The summed E-state index contributed by atoms with van der Waals surface area (Å²) in [6.07, 6.45) is -5.42. The van der Waals surface area contributed by atoms with Gasteiger partial charge in [0, 0.05) is 25.6 Å². The molecule has 11 nitrogen and oxygen atoms in total. The largest absolute Gasteiger partial charge is 0.504 e. The fraction of sp³-hybridized carbons (Fsp3) is 0.448. The number of nitrogens with one attached hydrogen (secondary N) is 1. The van der Waals surface area contributed by atoms with Crippen LogP contribution in [0.15, 0.2) is 54.1 Å². The standard InChI is InChI=1S/C29H37NO10/c1-17(31)15-30-16-24-25(34)26(38-18(2)32)27(29(36)39-24)40-28(35)21(11-9-19-7-5-4-6-8-19)13-20-10-12-22(33)23(14-20)37-3/h4-8,10,12-14,17,24-27,29-31,33-34,36H,9,11,15-16H2,1-3H3/b21-13+/t17-,24-,25-,26+,27+,29+/m0/s1. The van der Waals surface area contributed by atoms with Crippen LogP contribution >= 0.6 is 0 Å². The maximum absolute atomic E-state index is 13.5. The van der Waals surface area contributed by atoms with Crippen LogP contribution in [0.5, 0.6) is 11.5 Å². The molecule has 0 bridgehead atoms. The molecule has 11 heteroatoms. The summed E-state index contributed by atoms with van der Waals surface area (Å²) in [6, 6.07) is 14.1. The van der Waals surface area contributed by atoms with Gasteiger partial charge in [-0.15, -0.1) is 0 Å². The third-order valence-electron chi connectivity index (χ3n) is 6.30. The van der Waals surface area contributed by atoms with E-state index in [1.54, 1.807) is 25.1 Å². The lowest BCUT2D eigenvalue weighted by Crippen LogP contribution is -2.62. The SMILES string of the molecule is COc1cc(/C=C(\CCc2ccccc2)C(=O)O[C@@H]2[C@H](OC(C)=O)[C@@H](O)[C@H](CNC[C@H](C)O)O[C@H]2O)ccc1O. The van der Waals surface area contributed by atoms with E-state index in [1.165, 1.54) is 13.2 Å². The van der Waals surface area contributed by atoms with Crippen molar-refractivity contribution >= 4 is 18.0 Å². The van der Waals surface area contributed by atoms with Gasteiger partial charge in [0.05, 0.1) is 13.2 Å². The average Bonchev–Trinajstić information content (AvgIpc) is 2.92. The van der Waals surface area contributed by atoms with E-state index in [-0.39, 0.29) is 36.6 Å². The van der Waals surface area contributed by atoms with Gasteiger partial charge in [-0.1, -0.05) is 36.4 Å². The number of hydrogen-bond acceptors (Lipinski definition) is 11. The third kappa shape index (κ3) is 8.77. The van der Waals surface area contributed by atoms with Gasteiger partial charge < -0.3 is 44.7 Å². The number of hydrogen-bond donors (Lipinski definition) is 5. The first-order chi connectivity index (χ1) is 19.1. The minimum Gasteiger partial charge on any atom is -0.504 e. The summed E-state index contributed by atoms with van der Waals surface area (Å²) in [5.41, 5.74) is 1.75. The quantitative estimate of drug-likeness (QED) is 0.188. The Labute approximate surface area is 233 Å². The van der Waals surface area contributed by atoms with Crippen molar-refractivity contribution in [1.82, 2.24) is 5.32 Å². The lowest BCUT2D eigenvalue weighted by Gasteiger charge is -2.41. The van der Waals surface area contributed by atoms with Crippen LogP contribution in [0.4, 0.5) is 0 Å². The number of benzene rings is 2. The molecule has 6 atom stereocenters. The number of aliphatic hydroxyl groups is 3. The molecule has 40 heavy (non-hydrogen) atoms. The Morgan fingerprint density at radius 1 is 1.10 bits per heavy atom. The number of phenolic OH excluding ortho intramolecular Hbond substituents is 1. The fourth-order valence-corrected chi connectivity index (χ4v) is 4.30. The van der Waals surface area contributed by atoms with Gasteiger partial charge in [-0.2, -0.15) is 0 Å². The minimum absolute atomic E-state index is 0.0342. The summed E-state index contributed by atoms with van der Waals surface area (Å²) in [5.74, 6) is -1.41. The number of phenols is 1. The van der Waals surface area contributed by atoms with E-state index in [0.29, 0.717) is 12.0 Å². The highest BCUT2D eigenvalue weighted by molar-refractivity contribution is 5.94. The molecule has 0 unspecified atom stereocenters. The summed E-state index contributed by atoms with van der Waals surface area (Å²) < 4.78 is 21.6. The lowest BCUT2D eigenvalue weighted by molar-refractivity contribution is -0.287. The van der Waals surface area contributed by atoms with Gasteiger partial charge in [-0.25, -0.2) is 4.79 Å². The highest BCUT2D eigenvalue weighted by Crippen LogP contribution is 2.29. The van der Waals surface area contributed by atoms with E-state index in [9.17, 15) is 30.0 Å². The number of aryl methyl sites for hydroxylation is 1. The van der Waals surface area contributed by atoms with Crippen molar-refractivity contribution in [2.24, 2.45) is 0 Å². The zero-order valence-electron chi connectivity index (χ0n) is 22.7. The van der Waals surface area contributed by atoms with Crippen molar-refractivity contribution in [2.75, 3.05) is 20.2 Å². The van der Waals surface area contributed by atoms with Gasteiger partial charge >= 0.3 is 11.9 Å². The number of carbonyl (C=O) groups is 2. The zero-order valence-corrected chi connectivity index (χ0v) is 22.7. The Balaban J connectivity index is 1.85. The molecule has 1 aliphatic heterocycles. The Morgan fingerprint density at radius 3 is 2.48 bits per heavy atom. The molecule has 1 fully saturated rings. The molecule has 1 saturated heterocycles. The van der Waals surface area contributed by atoms with Crippen LogP contribution < -0.4 is 10.1 Å². The minimum atomic E-state index is -1.71. The van der Waals surface area contributed by atoms with Gasteiger partial charge in [0.25, 0.3) is 0 Å². The van der Waals surface area contributed by atoms with E-state index < -0.39 is 48.7 Å². The zero-order chi connectivity index (χ0) is 29.2. The molecular weight excluding hydrogens is 522 g/mol. The normalized spacial score (nSPS) is 23.8. The molecule has 2 aromatic carbocycles. The van der Waals surface area contributed by atoms with Crippen molar-refractivity contribution in [3.05, 3.63) is 65.2 Å². The first-order valence-electron chi connectivity index (χ1n) is 13.0. The molecule has 1 aliphatic rings. The topological polar surface area (TPSA) is 164 Å². The van der Waals surface area contributed by atoms with Gasteiger partial charge in [0.2, 0.25) is 0 Å². The van der Waals surface area contributed by atoms with Gasteiger partial charge in [-0.05, 0) is 49.1 Å². The smallest absolute Gasteiger partial charge is 0.334 e. The molecule has 1 heterocycles. The van der Waals surface area contributed by atoms with Crippen LogP contribution in [0, 0.1) is 0 Å². The van der Waals surface area contributed by atoms with Crippen LogP contribution in [0.1, 0.15) is 31.4 Å². The maximum atomic E-state index is 13.5. The average molecular weight is 560 g/mol. The van der Waals surface area contributed by atoms with Crippen LogP contribution in [0.25, 0.3) is 6.08 Å². The second-order valence-electron chi connectivity index (χ2n) is 9.59. The number of aliphatic hydroxyl groups excluding tert-OH is 3. The Bertz CT molecular complexity index is 1150. The number of aromatic hydroxyl groups is 1. The molecule has 0 saturated carbocycles. The summed E-state index contributed by atoms with van der Waals surface area (Å²) in [4.78, 5) is 25.3. The predicted octanol–water partition coefficient (Wildman–Crippen LogP) is 1.31. The number of esters is 2. The second kappa shape index (κ2) is 14.8. The molecular formula is C29H37NO10. The lowest BCUT2D eigenvalue weighted by atomic mass is 9.97. The van der Waals surface area contributed by atoms with E-state index in [2.05, 4.69) is 5.32 Å². The summed E-state index contributed by atoms with van der Waals surface area (Å²) >= 11 is 0. The van der Waals surface area contributed by atoms with Crippen molar-refractivity contribution in [1.29, 1.82) is 0 Å². The van der Waals surface area contributed by atoms with Gasteiger partial charge in [0.15, 0.2) is 30.0 Å². The van der Waals surface area contributed by atoms with Crippen molar-refractivity contribution in [3.8, 4) is 11.5 Å². The van der Waals surface area contributed by atoms with E-state index in [4.69, 9.17) is 18.9 Å². The molecule has 0 radical (unpaired) electrons. The van der Waals surface area contributed by atoms with Gasteiger partial charge in [-0.3, -0.25) is 4.79 Å². The summed E-state index contributed by atoms with van der Waals surface area (Å²) in [5, 5.41) is 43.9. The molecule has 5 N–H and O–H groups in total. The summed E-state index contributed by atoms with van der Waals surface area (Å²) in [6.45, 7) is 2.95. The maximum Gasteiger partial charge on any atom is 0.334 e. The number of ether oxygens (including phenoxy) is 4.